The lowest BCUT2D eigenvalue weighted by Crippen LogP contribution is -2.32. The molecule has 0 spiro atoms. The minimum atomic E-state index is -0.491. The fraction of sp³-hybridized carbons (Fsp3) is 0.250. The number of halogens is 2. The molecular weight excluding hydrogens is 456 g/mol. The van der Waals surface area contributed by atoms with Crippen molar-refractivity contribution in [3.05, 3.63) is 59.5 Å². The van der Waals surface area contributed by atoms with Gasteiger partial charge in [-0.1, -0.05) is 0 Å². The van der Waals surface area contributed by atoms with E-state index in [1.165, 1.54) is 29.9 Å². The van der Waals surface area contributed by atoms with Crippen LogP contribution in [0.4, 0.5) is 20.3 Å². The summed E-state index contributed by atoms with van der Waals surface area (Å²) in [4.78, 5) is 19.5. The Hall–Kier alpha value is -3.50. The second-order valence-electron chi connectivity index (χ2n) is 8.26. The largest absolute Gasteiger partial charge is 0.404 e. The second kappa shape index (κ2) is 9.40. The number of nitrogens with two attached hydrogens (primary N) is 1. The van der Waals surface area contributed by atoms with Gasteiger partial charge >= 0.3 is 0 Å². The van der Waals surface area contributed by atoms with Crippen LogP contribution in [0.5, 0.6) is 0 Å². The molecule has 0 bridgehead atoms. The molecule has 0 atom stereocenters. The Bertz CT molecular complexity index is 1410. The minimum Gasteiger partial charge on any atom is -0.404 e. The predicted octanol–water partition coefficient (Wildman–Crippen LogP) is 4.73. The Morgan fingerprint density at radius 3 is 2.79 bits per heavy atom. The fourth-order valence-corrected chi connectivity index (χ4v) is 4.78. The topological polar surface area (TPSA) is 92.3 Å². The van der Waals surface area contributed by atoms with E-state index in [1.807, 2.05) is 0 Å². The van der Waals surface area contributed by atoms with E-state index in [4.69, 9.17) is 5.73 Å². The van der Waals surface area contributed by atoms with Crippen LogP contribution in [0.3, 0.4) is 0 Å². The van der Waals surface area contributed by atoms with Gasteiger partial charge in [-0.25, -0.2) is 23.7 Å². The summed E-state index contributed by atoms with van der Waals surface area (Å²) in [6.07, 6.45) is 6.26. The lowest BCUT2D eigenvalue weighted by Gasteiger charge is -2.26. The third-order valence-electron chi connectivity index (χ3n) is 6.02. The molecule has 0 radical (unpaired) electrons. The van der Waals surface area contributed by atoms with E-state index in [2.05, 4.69) is 37.2 Å². The third-order valence-corrected chi connectivity index (χ3v) is 6.85. The number of anilines is 2. The zero-order chi connectivity index (χ0) is 23.7. The maximum Gasteiger partial charge on any atom is 0.166 e. The summed E-state index contributed by atoms with van der Waals surface area (Å²) < 4.78 is 30.5. The summed E-state index contributed by atoms with van der Waals surface area (Å²) in [7, 11) is 2.09. The van der Waals surface area contributed by atoms with Gasteiger partial charge < -0.3 is 16.0 Å². The summed E-state index contributed by atoms with van der Waals surface area (Å²) in [5, 5.41) is 3.40. The van der Waals surface area contributed by atoms with Gasteiger partial charge in [0, 0.05) is 28.9 Å². The van der Waals surface area contributed by atoms with Gasteiger partial charge in [0.15, 0.2) is 5.82 Å². The first-order valence-electron chi connectivity index (χ1n) is 10.9. The third kappa shape index (κ3) is 4.34. The van der Waals surface area contributed by atoms with Crippen LogP contribution in [-0.2, 0) is 0 Å². The molecule has 0 unspecified atom stereocenters. The zero-order valence-electron chi connectivity index (χ0n) is 18.5. The normalized spacial score (nSPS) is 16.1. The maximum absolute atomic E-state index is 15.2. The van der Waals surface area contributed by atoms with Crippen LogP contribution in [0.2, 0.25) is 0 Å². The van der Waals surface area contributed by atoms with Crippen molar-refractivity contribution in [3.63, 3.8) is 0 Å². The molecule has 3 N–H and O–H groups in total. The number of piperidine rings is 1. The molecule has 4 aromatic rings. The molecule has 1 saturated heterocycles. The monoisotopic (exact) mass is 479 g/mol. The smallest absolute Gasteiger partial charge is 0.166 e. The molecule has 0 aliphatic carbocycles. The summed E-state index contributed by atoms with van der Waals surface area (Å²) >= 11 is 1.22. The number of fused-ring (bicyclic) bond motifs is 2. The van der Waals surface area contributed by atoms with Crippen molar-refractivity contribution in [2.24, 2.45) is 10.7 Å². The van der Waals surface area contributed by atoms with Crippen molar-refractivity contribution in [2.45, 2.75) is 18.9 Å². The lowest BCUT2D eigenvalue weighted by atomic mass is 10.0. The van der Waals surface area contributed by atoms with E-state index in [0.29, 0.717) is 38.1 Å². The molecule has 1 aliphatic rings. The highest BCUT2D eigenvalue weighted by molar-refractivity contribution is 7.16. The zero-order valence-corrected chi connectivity index (χ0v) is 19.3. The van der Waals surface area contributed by atoms with Crippen LogP contribution < -0.4 is 11.1 Å². The number of thiazole rings is 1. The second-order valence-corrected chi connectivity index (χ2v) is 9.11. The van der Waals surface area contributed by atoms with Crippen molar-refractivity contribution in [2.75, 3.05) is 25.5 Å². The van der Waals surface area contributed by atoms with Gasteiger partial charge in [-0.15, -0.1) is 11.3 Å². The summed E-state index contributed by atoms with van der Waals surface area (Å²) in [6.45, 7) is 1.97. The molecule has 34 heavy (non-hydrogen) atoms. The molecular formula is C24H23F2N7S. The summed E-state index contributed by atoms with van der Waals surface area (Å²) in [5.41, 5.74) is 9.50. The summed E-state index contributed by atoms with van der Waals surface area (Å²) in [5.74, 6) is -0.617. The van der Waals surface area contributed by atoms with Crippen LogP contribution in [0.15, 0.2) is 47.3 Å². The number of benzene rings is 2. The van der Waals surface area contributed by atoms with Crippen molar-refractivity contribution >= 4 is 55.7 Å². The van der Waals surface area contributed by atoms with Crippen molar-refractivity contribution < 1.29 is 8.78 Å². The first-order chi connectivity index (χ1) is 16.5. The Labute approximate surface area is 199 Å². The van der Waals surface area contributed by atoms with Gasteiger partial charge in [-0.2, -0.15) is 0 Å². The quantitative estimate of drug-likeness (QED) is 0.402. The standard InChI is InChI=1S/C24H23F2N7S/c1-33-6-4-15(5-7-33)28-11-14(10-27)16-9-21-17(8-18(16)25)24(30-12-29-21)32-19-2-3-20-23(22(19)26)34-13-31-20/h2-3,8-13,15H,4-7,27H2,1H3,(H,29,30,32)/b14-10+,28-11?. The van der Waals surface area contributed by atoms with Gasteiger partial charge in [0.25, 0.3) is 0 Å². The Balaban J connectivity index is 1.45. The highest BCUT2D eigenvalue weighted by Gasteiger charge is 2.17. The van der Waals surface area contributed by atoms with Crippen LogP contribution >= 0.6 is 11.3 Å². The lowest BCUT2D eigenvalue weighted by molar-refractivity contribution is 0.257. The average molecular weight is 480 g/mol. The van der Waals surface area contributed by atoms with Crippen LogP contribution in [0.1, 0.15) is 18.4 Å². The first-order valence-corrected chi connectivity index (χ1v) is 11.8. The van der Waals surface area contributed by atoms with E-state index in [1.54, 1.807) is 29.9 Å². The SMILES string of the molecule is CN1CCC(N=C/C(=C\N)c2cc3ncnc(Nc4ccc5ncsc5c4F)c3cc2F)CC1. The number of rotatable bonds is 5. The summed E-state index contributed by atoms with van der Waals surface area (Å²) in [6, 6.07) is 6.45. The molecule has 2 aromatic carbocycles. The molecule has 7 nitrogen and oxygen atoms in total. The Morgan fingerprint density at radius 1 is 1.18 bits per heavy atom. The number of likely N-dealkylation sites (tertiary alicyclic amines) is 1. The van der Waals surface area contributed by atoms with Crippen molar-refractivity contribution in [3.8, 4) is 0 Å². The predicted molar refractivity (Wildman–Crippen MR) is 134 cm³/mol. The number of aliphatic imine (C=N–C) groups is 1. The van der Waals surface area contributed by atoms with Crippen molar-refractivity contribution in [1.29, 1.82) is 0 Å². The van der Waals surface area contributed by atoms with Crippen LogP contribution in [-0.4, -0.2) is 52.2 Å². The van der Waals surface area contributed by atoms with Gasteiger partial charge in [0.05, 0.1) is 33.0 Å². The van der Waals surface area contributed by atoms with Crippen molar-refractivity contribution in [1.82, 2.24) is 19.9 Å². The average Bonchev–Trinajstić information content (AvgIpc) is 3.33. The molecule has 3 heterocycles. The van der Waals surface area contributed by atoms with E-state index < -0.39 is 11.6 Å². The molecule has 5 rings (SSSR count). The number of aromatic nitrogens is 3. The highest BCUT2D eigenvalue weighted by atomic mass is 32.1. The van der Waals surface area contributed by atoms with E-state index in [0.717, 1.165) is 25.9 Å². The number of hydrogen-bond acceptors (Lipinski definition) is 8. The number of hydrogen-bond donors (Lipinski definition) is 2. The molecule has 174 valence electrons. The van der Waals surface area contributed by atoms with Gasteiger partial charge in [-0.3, -0.25) is 4.99 Å². The molecule has 2 aromatic heterocycles. The van der Waals surface area contributed by atoms with Gasteiger partial charge in [-0.05, 0) is 57.2 Å². The van der Waals surface area contributed by atoms with E-state index in [-0.39, 0.29) is 11.7 Å². The Morgan fingerprint density at radius 2 is 2.00 bits per heavy atom. The minimum absolute atomic E-state index is 0.193. The molecule has 10 heteroatoms. The van der Waals surface area contributed by atoms with Crippen LogP contribution in [0.25, 0.3) is 26.7 Å². The number of nitrogens with one attached hydrogen (secondary N) is 1. The van der Waals surface area contributed by atoms with Gasteiger partial charge in [0.1, 0.15) is 18.0 Å². The highest BCUT2D eigenvalue weighted by Crippen LogP contribution is 2.32. The molecule has 1 fully saturated rings. The molecule has 0 amide bonds. The van der Waals surface area contributed by atoms with E-state index in [9.17, 15) is 4.39 Å². The number of allylic oxidation sites excluding steroid dienone is 1. The molecule has 1 aliphatic heterocycles. The first kappa shape index (κ1) is 22.3. The molecule has 0 saturated carbocycles. The number of nitrogens with zero attached hydrogens (tertiary/aromatic N) is 5. The maximum atomic E-state index is 15.2. The fourth-order valence-electron chi connectivity index (χ4n) is 4.05. The Kier molecular flexibility index (Phi) is 6.16. The van der Waals surface area contributed by atoms with Gasteiger partial charge in [0.2, 0.25) is 0 Å². The van der Waals surface area contributed by atoms with Crippen LogP contribution in [0, 0.1) is 11.6 Å². The van der Waals surface area contributed by atoms with E-state index >= 15 is 4.39 Å².